The molecule has 24 heavy (non-hydrogen) atoms. The van der Waals surface area contributed by atoms with Gasteiger partial charge in [-0.3, -0.25) is 0 Å². The van der Waals surface area contributed by atoms with Crippen LogP contribution >= 0.6 is 0 Å². The van der Waals surface area contributed by atoms with Crippen molar-refractivity contribution in [2.24, 2.45) is 35.1 Å². The van der Waals surface area contributed by atoms with E-state index in [2.05, 4.69) is 0 Å². The SMILES string of the molecule is NC12CC3CC(C1)CC(O)(C3)C2.NC12CC3CC(C1)CC(O)(C3)C2. The smallest absolute Gasteiger partial charge is 0.0670 e. The van der Waals surface area contributed by atoms with Gasteiger partial charge in [-0.2, -0.15) is 0 Å². The molecule has 4 atom stereocenters. The molecule has 8 saturated carbocycles. The van der Waals surface area contributed by atoms with Gasteiger partial charge in [0, 0.05) is 11.1 Å². The zero-order valence-electron chi connectivity index (χ0n) is 14.8. The van der Waals surface area contributed by atoms with Gasteiger partial charge in [-0.15, -0.1) is 0 Å². The van der Waals surface area contributed by atoms with Crippen LogP contribution < -0.4 is 11.5 Å². The van der Waals surface area contributed by atoms with Gasteiger partial charge in [-0.1, -0.05) is 0 Å². The van der Waals surface area contributed by atoms with Crippen LogP contribution in [-0.2, 0) is 0 Å². The molecular formula is C20H34N2O2. The van der Waals surface area contributed by atoms with Gasteiger partial charge in [-0.05, 0) is 101 Å². The molecule has 0 aliphatic heterocycles. The second-order valence-corrected chi connectivity index (χ2v) is 11.1. The molecule has 0 aromatic rings. The van der Waals surface area contributed by atoms with Crippen molar-refractivity contribution in [3.8, 4) is 0 Å². The minimum atomic E-state index is -0.362. The Morgan fingerprint density at radius 1 is 0.542 bits per heavy atom. The maximum absolute atomic E-state index is 10.2. The van der Waals surface area contributed by atoms with Crippen molar-refractivity contribution < 1.29 is 10.2 Å². The van der Waals surface area contributed by atoms with E-state index < -0.39 is 0 Å². The summed E-state index contributed by atoms with van der Waals surface area (Å²) < 4.78 is 0. The summed E-state index contributed by atoms with van der Waals surface area (Å²) in [7, 11) is 0. The topological polar surface area (TPSA) is 92.5 Å². The molecule has 8 aliphatic carbocycles. The summed E-state index contributed by atoms with van der Waals surface area (Å²) >= 11 is 0. The van der Waals surface area contributed by atoms with Crippen molar-refractivity contribution in [3.63, 3.8) is 0 Å². The summed E-state index contributed by atoms with van der Waals surface area (Å²) in [6, 6.07) is 0. The quantitative estimate of drug-likeness (QED) is 0.545. The van der Waals surface area contributed by atoms with Gasteiger partial charge >= 0.3 is 0 Å². The van der Waals surface area contributed by atoms with Crippen LogP contribution in [-0.4, -0.2) is 32.5 Å². The van der Waals surface area contributed by atoms with Crippen LogP contribution in [0.4, 0.5) is 0 Å². The predicted molar refractivity (Wildman–Crippen MR) is 93.1 cm³/mol. The molecule has 8 aliphatic rings. The van der Waals surface area contributed by atoms with Gasteiger partial charge in [-0.25, -0.2) is 0 Å². The summed E-state index contributed by atoms with van der Waals surface area (Å²) in [5, 5.41) is 20.4. The Morgan fingerprint density at radius 3 is 1.04 bits per heavy atom. The number of hydrogen-bond donors (Lipinski definition) is 4. The van der Waals surface area contributed by atoms with Crippen LogP contribution in [0.2, 0.25) is 0 Å². The van der Waals surface area contributed by atoms with Gasteiger partial charge in [0.05, 0.1) is 11.2 Å². The van der Waals surface area contributed by atoms with E-state index in [0.717, 1.165) is 62.2 Å². The van der Waals surface area contributed by atoms with E-state index in [-0.39, 0.29) is 22.3 Å². The molecule has 8 bridgehead atoms. The molecule has 8 rings (SSSR count). The highest BCUT2D eigenvalue weighted by Gasteiger charge is 2.56. The van der Waals surface area contributed by atoms with Crippen LogP contribution in [0.5, 0.6) is 0 Å². The van der Waals surface area contributed by atoms with Crippen LogP contribution in [0.1, 0.15) is 77.0 Å². The fraction of sp³-hybridized carbons (Fsp3) is 1.00. The van der Waals surface area contributed by atoms with Crippen LogP contribution in [0.25, 0.3) is 0 Å². The van der Waals surface area contributed by atoms with Crippen molar-refractivity contribution in [1.29, 1.82) is 0 Å². The van der Waals surface area contributed by atoms with E-state index in [1.807, 2.05) is 0 Å². The molecule has 0 spiro atoms. The van der Waals surface area contributed by atoms with Gasteiger partial charge in [0.25, 0.3) is 0 Å². The average Bonchev–Trinajstić information content (AvgIpc) is 2.29. The summed E-state index contributed by atoms with van der Waals surface area (Å²) in [6.07, 6.45) is 13.2. The lowest BCUT2D eigenvalue weighted by Gasteiger charge is -2.58. The minimum absolute atomic E-state index is 0.0127. The molecule has 4 unspecified atom stereocenters. The van der Waals surface area contributed by atoms with Gasteiger partial charge in [0.1, 0.15) is 0 Å². The number of nitrogens with two attached hydrogens (primary N) is 2. The highest BCUT2D eigenvalue weighted by molar-refractivity contribution is 5.12. The summed E-state index contributed by atoms with van der Waals surface area (Å²) in [5.74, 6) is 2.95. The normalized spacial score (nSPS) is 62.5. The maximum Gasteiger partial charge on any atom is 0.0670 e. The van der Waals surface area contributed by atoms with Crippen molar-refractivity contribution in [2.75, 3.05) is 0 Å². The molecule has 4 nitrogen and oxygen atoms in total. The maximum atomic E-state index is 10.2. The summed E-state index contributed by atoms with van der Waals surface area (Å²) in [5.41, 5.74) is 11.8. The highest BCUT2D eigenvalue weighted by atomic mass is 16.3. The molecular weight excluding hydrogens is 300 g/mol. The number of rotatable bonds is 0. The molecule has 0 aromatic carbocycles. The van der Waals surface area contributed by atoms with Crippen LogP contribution in [0.3, 0.4) is 0 Å². The standard InChI is InChI=1S/2C10H17NO/c2*11-9-2-7-1-8(3-9)5-10(12,4-7)6-9/h2*7-8,12H,1-6,11H2. The number of hydrogen-bond acceptors (Lipinski definition) is 4. The first-order chi connectivity index (χ1) is 11.1. The van der Waals surface area contributed by atoms with E-state index in [1.165, 1.54) is 38.5 Å². The van der Waals surface area contributed by atoms with Crippen molar-refractivity contribution in [1.82, 2.24) is 0 Å². The van der Waals surface area contributed by atoms with Crippen molar-refractivity contribution in [3.05, 3.63) is 0 Å². The fourth-order valence-corrected chi connectivity index (χ4v) is 8.57. The van der Waals surface area contributed by atoms with Gasteiger partial charge in [0.15, 0.2) is 0 Å². The Bertz CT molecular complexity index is 432. The third kappa shape index (κ3) is 2.65. The van der Waals surface area contributed by atoms with Crippen LogP contribution in [0, 0.1) is 23.7 Å². The Kier molecular flexibility index (Phi) is 3.18. The molecule has 0 saturated heterocycles. The second-order valence-electron chi connectivity index (χ2n) is 11.1. The Morgan fingerprint density at radius 2 is 0.833 bits per heavy atom. The van der Waals surface area contributed by atoms with Crippen LogP contribution in [0.15, 0.2) is 0 Å². The zero-order chi connectivity index (χ0) is 16.8. The first kappa shape index (κ1) is 16.0. The third-order valence-corrected chi connectivity index (χ3v) is 8.15. The lowest BCUT2D eigenvalue weighted by Crippen LogP contribution is -2.62. The Hall–Kier alpha value is -0.160. The Balaban J connectivity index is 0.000000109. The molecule has 6 N–H and O–H groups in total. The first-order valence-corrected chi connectivity index (χ1v) is 10.2. The fourth-order valence-electron chi connectivity index (χ4n) is 8.57. The summed E-state index contributed by atoms with van der Waals surface area (Å²) in [4.78, 5) is 0. The summed E-state index contributed by atoms with van der Waals surface area (Å²) in [6.45, 7) is 0. The highest BCUT2D eigenvalue weighted by Crippen LogP contribution is 2.57. The lowest BCUT2D eigenvalue weighted by molar-refractivity contribution is -0.133. The molecule has 136 valence electrons. The molecule has 0 radical (unpaired) electrons. The van der Waals surface area contributed by atoms with Gasteiger partial charge in [0.2, 0.25) is 0 Å². The van der Waals surface area contributed by atoms with Gasteiger partial charge < -0.3 is 21.7 Å². The second kappa shape index (κ2) is 4.76. The molecule has 0 amide bonds. The molecule has 4 heteroatoms. The van der Waals surface area contributed by atoms with E-state index in [9.17, 15) is 10.2 Å². The monoisotopic (exact) mass is 334 g/mol. The first-order valence-electron chi connectivity index (χ1n) is 10.2. The Labute approximate surface area is 145 Å². The van der Waals surface area contributed by atoms with Crippen molar-refractivity contribution in [2.45, 2.75) is 99.3 Å². The van der Waals surface area contributed by atoms with E-state index in [0.29, 0.717) is 0 Å². The number of aliphatic hydroxyl groups is 2. The zero-order valence-corrected chi connectivity index (χ0v) is 14.8. The van der Waals surface area contributed by atoms with E-state index >= 15 is 0 Å². The minimum Gasteiger partial charge on any atom is -0.390 e. The lowest BCUT2D eigenvalue weighted by atomic mass is 9.51. The third-order valence-electron chi connectivity index (χ3n) is 8.15. The van der Waals surface area contributed by atoms with Crippen molar-refractivity contribution >= 4 is 0 Å². The van der Waals surface area contributed by atoms with E-state index in [4.69, 9.17) is 11.5 Å². The molecule has 0 heterocycles. The predicted octanol–water partition coefficient (Wildman–Crippen LogP) is 2.06. The molecule has 0 aromatic heterocycles. The average molecular weight is 335 g/mol. The van der Waals surface area contributed by atoms with E-state index in [1.54, 1.807) is 0 Å². The molecule has 8 fully saturated rings. The largest absolute Gasteiger partial charge is 0.390 e.